The van der Waals surface area contributed by atoms with E-state index in [0.717, 1.165) is 17.4 Å². The van der Waals surface area contributed by atoms with Gasteiger partial charge in [0.25, 0.3) is 5.91 Å². The third-order valence-corrected chi connectivity index (χ3v) is 5.17. The molecule has 0 bridgehead atoms. The molecule has 1 aliphatic heterocycles. The van der Waals surface area contributed by atoms with Gasteiger partial charge in [-0.25, -0.2) is 4.39 Å². The van der Waals surface area contributed by atoms with Gasteiger partial charge in [0.15, 0.2) is 0 Å². The summed E-state index contributed by atoms with van der Waals surface area (Å²) in [7, 11) is 1.60. The van der Waals surface area contributed by atoms with Gasteiger partial charge in [0, 0.05) is 38.3 Å². The van der Waals surface area contributed by atoms with E-state index < -0.39 is 5.82 Å². The maximum Gasteiger partial charge on any atom is 0.255 e. The number of hydrogen-bond acceptors (Lipinski definition) is 4. The van der Waals surface area contributed by atoms with Crippen LogP contribution in [0.15, 0.2) is 42.5 Å². The number of piperazine rings is 1. The quantitative estimate of drug-likeness (QED) is 0.781. The van der Waals surface area contributed by atoms with Gasteiger partial charge in [0.2, 0.25) is 5.91 Å². The molecular formula is C21H23ClFN3O3. The zero-order valence-corrected chi connectivity index (χ0v) is 16.9. The number of rotatable bonds is 6. The lowest BCUT2D eigenvalue weighted by Crippen LogP contribution is -2.51. The van der Waals surface area contributed by atoms with E-state index in [0.29, 0.717) is 32.7 Å². The van der Waals surface area contributed by atoms with E-state index in [-0.39, 0.29) is 28.9 Å². The standard InChI is InChI=1S/C21H23ClFN3O3/c1-29-19-5-3-2-4-15(19)13-24-20(27)14-25-8-10-26(11-9-25)21(28)17-7-6-16(23)12-18(17)22/h2-7,12H,8-11,13-14H2,1H3,(H,24,27). The fourth-order valence-electron chi connectivity index (χ4n) is 3.24. The first-order chi connectivity index (χ1) is 14.0. The second-order valence-corrected chi connectivity index (χ2v) is 7.19. The zero-order chi connectivity index (χ0) is 20.8. The van der Waals surface area contributed by atoms with Crippen LogP contribution < -0.4 is 10.1 Å². The fourth-order valence-corrected chi connectivity index (χ4v) is 3.49. The van der Waals surface area contributed by atoms with Gasteiger partial charge in [-0.1, -0.05) is 29.8 Å². The molecule has 2 amide bonds. The van der Waals surface area contributed by atoms with Crippen molar-refractivity contribution >= 4 is 23.4 Å². The number of halogens is 2. The number of nitrogens with one attached hydrogen (secondary N) is 1. The molecule has 0 aromatic heterocycles. The van der Waals surface area contributed by atoms with Crippen molar-refractivity contribution in [3.05, 3.63) is 64.4 Å². The van der Waals surface area contributed by atoms with E-state index in [9.17, 15) is 14.0 Å². The highest BCUT2D eigenvalue weighted by Gasteiger charge is 2.24. The van der Waals surface area contributed by atoms with Crippen molar-refractivity contribution in [2.75, 3.05) is 39.8 Å². The lowest BCUT2D eigenvalue weighted by Gasteiger charge is -2.34. The highest BCUT2D eigenvalue weighted by atomic mass is 35.5. The average Bonchev–Trinajstić information content (AvgIpc) is 2.72. The van der Waals surface area contributed by atoms with Gasteiger partial charge in [0.1, 0.15) is 11.6 Å². The number of carbonyl (C=O) groups is 2. The number of amides is 2. The van der Waals surface area contributed by atoms with Crippen LogP contribution in [-0.2, 0) is 11.3 Å². The molecule has 2 aromatic carbocycles. The third kappa shape index (κ3) is 5.46. The summed E-state index contributed by atoms with van der Waals surface area (Å²) in [5.41, 5.74) is 1.20. The molecule has 1 aliphatic rings. The SMILES string of the molecule is COc1ccccc1CNC(=O)CN1CCN(C(=O)c2ccc(F)cc2Cl)CC1. The normalized spacial score (nSPS) is 14.5. The van der Waals surface area contributed by atoms with Crippen molar-refractivity contribution in [3.8, 4) is 5.75 Å². The minimum atomic E-state index is -0.476. The molecule has 0 radical (unpaired) electrons. The first-order valence-electron chi connectivity index (χ1n) is 9.33. The molecule has 0 unspecified atom stereocenters. The van der Waals surface area contributed by atoms with E-state index in [4.69, 9.17) is 16.3 Å². The Kier molecular flexibility index (Phi) is 7.06. The second kappa shape index (κ2) is 9.71. The van der Waals surface area contributed by atoms with Crippen molar-refractivity contribution in [2.45, 2.75) is 6.54 Å². The van der Waals surface area contributed by atoms with Crippen LogP contribution in [-0.4, -0.2) is 61.4 Å². The van der Waals surface area contributed by atoms with Crippen LogP contribution in [0.4, 0.5) is 4.39 Å². The maximum absolute atomic E-state index is 13.2. The summed E-state index contributed by atoms with van der Waals surface area (Å²) in [6, 6.07) is 11.3. The van der Waals surface area contributed by atoms with Crippen LogP contribution in [0.25, 0.3) is 0 Å². The summed E-state index contributed by atoms with van der Waals surface area (Å²) < 4.78 is 18.5. The number of carbonyl (C=O) groups excluding carboxylic acids is 2. The summed E-state index contributed by atoms with van der Waals surface area (Å²) in [4.78, 5) is 28.5. The van der Waals surface area contributed by atoms with Gasteiger partial charge < -0.3 is 15.0 Å². The number of para-hydroxylation sites is 1. The van der Waals surface area contributed by atoms with Crippen molar-refractivity contribution in [1.82, 2.24) is 15.1 Å². The number of benzene rings is 2. The summed E-state index contributed by atoms with van der Waals surface area (Å²) >= 11 is 5.99. The molecule has 1 N–H and O–H groups in total. The van der Waals surface area contributed by atoms with Crippen molar-refractivity contribution in [1.29, 1.82) is 0 Å². The molecule has 1 heterocycles. The van der Waals surface area contributed by atoms with Crippen LogP contribution in [0, 0.1) is 5.82 Å². The predicted octanol–water partition coefficient (Wildman–Crippen LogP) is 2.56. The highest BCUT2D eigenvalue weighted by Crippen LogP contribution is 2.20. The Morgan fingerprint density at radius 3 is 2.55 bits per heavy atom. The van der Waals surface area contributed by atoms with Crippen molar-refractivity contribution in [2.24, 2.45) is 0 Å². The molecule has 3 rings (SSSR count). The first kappa shape index (κ1) is 21.1. The summed E-state index contributed by atoms with van der Waals surface area (Å²) in [5, 5.41) is 3.00. The smallest absolute Gasteiger partial charge is 0.255 e. The predicted molar refractivity (Wildman–Crippen MR) is 109 cm³/mol. The number of ether oxygens (including phenoxy) is 1. The lowest BCUT2D eigenvalue weighted by molar-refractivity contribution is -0.122. The number of nitrogens with zero attached hydrogens (tertiary/aromatic N) is 2. The van der Waals surface area contributed by atoms with Crippen LogP contribution in [0.1, 0.15) is 15.9 Å². The van der Waals surface area contributed by atoms with Gasteiger partial charge in [-0.15, -0.1) is 0 Å². The lowest BCUT2D eigenvalue weighted by atomic mass is 10.1. The average molecular weight is 420 g/mol. The van der Waals surface area contributed by atoms with Crippen LogP contribution in [0.3, 0.4) is 0 Å². The zero-order valence-electron chi connectivity index (χ0n) is 16.2. The highest BCUT2D eigenvalue weighted by molar-refractivity contribution is 6.33. The number of hydrogen-bond donors (Lipinski definition) is 1. The fraction of sp³-hybridized carbons (Fsp3) is 0.333. The van der Waals surface area contributed by atoms with Crippen LogP contribution in [0.5, 0.6) is 5.75 Å². The molecule has 0 atom stereocenters. The minimum Gasteiger partial charge on any atom is -0.496 e. The van der Waals surface area contributed by atoms with Crippen LogP contribution in [0.2, 0.25) is 5.02 Å². The second-order valence-electron chi connectivity index (χ2n) is 6.78. The van der Waals surface area contributed by atoms with E-state index in [1.165, 1.54) is 12.1 Å². The maximum atomic E-state index is 13.2. The summed E-state index contributed by atoms with van der Waals surface area (Å²) in [6.45, 7) is 2.76. The van der Waals surface area contributed by atoms with Gasteiger partial charge in [-0.3, -0.25) is 14.5 Å². The first-order valence-corrected chi connectivity index (χ1v) is 9.71. The molecule has 2 aromatic rings. The molecule has 154 valence electrons. The Morgan fingerprint density at radius 2 is 1.86 bits per heavy atom. The third-order valence-electron chi connectivity index (χ3n) is 4.86. The van der Waals surface area contributed by atoms with E-state index >= 15 is 0 Å². The molecule has 29 heavy (non-hydrogen) atoms. The van der Waals surface area contributed by atoms with Gasteiger partial charge in [-0.2, -0.15) is 0 Å². The molecular weight excluding hydrogens is 397 g/mol. The summed E-state index contributed by atoms with van der Waals surface area (Å²) in [6.07, 6.45) is 0. The van der Waals surface area contributed by atoms with Crippen molar-refractivity contribution in [3.63, 3.8) is 0 Å². The van der Waals surface area contributed by atoms with E-state index in [1.54, 1.807) is 12.0 Å². The van der Waals surface area contributed by atoms with Crippen LogP contribution >= 0.6 is 11.6 Å². The Bertz CT molecular complexity index is 885. The van der Waals surface area contributed by atoms with E-state index in [2.05, 4.69) is 5.32 Å². The molecule has 8 heteroatoms. The molecule has 0 spiro atoms. The van der Waals surface area contributed by atoms with Gasteiger partial charge in [-0.05, 0) is 24.3 Å². The Hall–Kier alpha value is -2.64. The Labute approximate surface area is 174 Å². The molecule has 1 saturated heterocycles. The van der Waals surface area contributed by atoms with Gasteiger partial charge in [0.05, 0.1) is 24.2 Å². The molecule has 6 nitrogen and oxygen atoms in total. The number of methoxy groups -OCH3 is 1. The molecule has 0 aliphatic carbocycles. The topological polar surface area (TPSA) is 61.9 Å². The molecule has 1 fully saturated rings. The monoisotopic (exact) mass is 419 g/mol. The van der Waals surface area contributed by atoms with Crippen molar-refractivity contribution < 1.29 is 18.7 Å². The minimum absolute atomic E-state index is 0.0859. The largest absolute Gasteiger partial charge is 0.496 e. The Balaban J connectivity index is 1.47. The Morgan fingerprint density at radius 1 is 1.14 bits per heavy atom. The van der Waals surface area contributed by atoms with Gasteiger partial charge >= 0.3 is 0 Å². The van der Waals surface area contributed by atoms with E-state index in [1.807, 2.05) is 29.2 Å². The summed E-state index contributed by atoms with van der Waals surface area (Å²) in [5.74, 6) is -0.0533. The molecule has 0 saturated carbocycles.